The minimum Gasteiger partial charge on any atom is -0.491 e. The van der Waals surface area contributed by atoms with Gasteiger partial charge in [0.15, 0.2) is 0 Å². The molecule has 1 aromatic carbocycles. The van der Waals surface area contributed by atoms with Crippen molar-refractivity contribution in [3.8, 4) is 5.75 Å². The molecule has 20 heavy (non-hydrogen) atoms. The highest BCUT2D eigenvalue weighted by atomic mass is 16.5. The number of hydrogen-bond donors (Lipinski definition) is 0. The quantitative estimate of drug-likeness (QED) is 0.827. The number of likely N-dealkylation sites (N-methyl/N-ethyl adjacent to an activating group) is 1. The molecule has 0 N–H and O–H groups in total. The summed E-state index contributed by atoms with van der Waals surface area (Å²) in [5.41, 5.74) is 0.756. The minimum atomic E-state index is -0.347. The van der Waals surface area contributed by atoms with Crippen LogP contribution in [0.3, 0.4) is 0 Å². The highest BCUT2D eigenvalue weighted by molar-refractivity contribution is 5.90. The predicted molar refractivity (Wildman–Crippen MR) is 81.3 cm³/mol. The largest absolute Gasteiger partial charge is 0.491 e. The molecule has 1 fully saturated rings. The standard InChI is InChI=1S/C17H25NO2/c1-5-16(19)17(9-10-18(4)12-17)14-7-6-8-15(11-14)20-13(2)3/h6-8,11,13H,5,9-10,12H2,1-4H3/t17-/m0/s1. The third-order valence-corrected chi connectivity index (χ3v) is 4.07. The van der Waals surface area contributed by atoms with Gasteiger partial charge in [-0.2, -0.15) is 0 Å². The predicted octanol–water partition coefficient (Wildman–Crippen LogP) is 3.03. The van der Waals surface area contributed by atoms with Gasteiger partial charge in [-0.05, 0) is 51.6 Å². The fraction of sp³-hybridized carbons (Fsp3) is 0.588. The second kappa shape index (κ2) is 5.96. The van der Waals surface area contributed by atoms with Gasteiger partial charge in [0.2, 0.25) is 0 Å². The van der Waals surface area contributed by atoms with Crippen LogP contribution < -0.4 is 4.74 Å². The third kappa shape index (κ3) is 2.88. The summed E-state index contributed by atoms with van der Waals surface area (Å²) in [6.45, 7) is 7.77. The molecule has 1 aromatic rings. The number of hydrogen-bond acceptors (Lipinski definition) is 3. The summed E-state index contributed by atoms with van der Waals surface area (Å²) in [5.74, 6) is 1.19. The number of rotatable bonds is 5. The monoisotopic (exact) mass is 275 g/mol. The minimum absolute atomic E-state index is 0.148. The molecular formula is C17H25NO2. The second-order valence-corrected chi connectivity index (χ2v) is 6.04. The number of carbonyl (C=O) groups excluding carboxylic acids is 1. The first kappa shape index (κ1) is 15.0. The average molecular weight is 275 g/mol. The molecule has 0 aromatic heterocycles. The van der Waals surface area contributed by atoms with E-state index in [4.69, 9.17) is 4.74 Å². The van der Waals surface area contributed by atoms with Gasteiger partial charge in [-0.1, -0.05) is 19.1 Å². The maximum Gasteiger partial charge on any atom is 0.144 e. The lowest BCUT2D eigenvalue weighted by Crippen LogP contribution is -2.38. The molecule has 2 rings (SSSR count). The number of carbonyl (C=O) groups is 1. The summed E-state index contributed by atoms with van der Waals surface area (Å²) < 4.78 is 5.77. The van der Waals surface area contributed by atoms with Crippen molar-refractivity contribution in [2.24, 2.45) is 0 Å². The maximum atomic E-state index is 12.5. The van der Waals surface area contributed by atoms with Crippen molar-refractivity contribution in [2.75, 3.05) is 20.1 Å². The van der Waals surface area contributed by atoms with E-state index in [9.17, 15) is 4.79 Å². The van der Waals surface area contributed by atoms with E-state index < -0.39 is 0 Å². The van der Waals surface area contributed by atoms with Gasteiger partial charge in [-0.3, -0.25) is 4.79 Å². The summed E-state index contributed by atoms with van der Waals surface area (Å²) in [5, 5.41) is 0. The molecule has 0 bridgehead atoms. The summed E-state index contributed by atoms with van der Waals surface area (Å²) in [6.07, 6.45) is 1.64. The van der Waals surface area contributed by atoms with Gasteiger partial charge in [0.25, 0.3) is 0 Å². The van der Waals surface area contributed by atoms with E-state index >= 15 is 0 Å². The van der Waals surface area contributed by atoms with E-state index in [-0.39, 0.29) is 11.5 Å². The Kier molecular flexibility index (Phi) is 4.48. The number of benzene rings is 1. The molecule has 1 heterocycles. The Labute approximate surface area is 121 Å². The zero-order valence-corrected chi connectivity index (χ0v) is 13.0. The van der Waals surface area contributed by atoms with Gasteiger partial charge < -0.3 is 9.64 Å². The molecule has 3 nitrogen and oxygen atoms in total. The normalized spacial score (nSPS) is 23.2. The Morgan fingerprint density at radius 3 is 2.75 bits per heavy atom. The maximum absolute atomic E-state index is 12.5. The first-order valence-electron chi connectivity index (χ1n) is 7.47. The lowest BCUT2D eigenvalue weighted by Gasteiger charge is -2.28. The zero-order valence-electron chi connectivity index (χ0n) is 13.0. The fourth-order valence-corrected chi connectivity index (χ4v) is 3.10. The molecule has 0 saturated carbocycles. The van der Waals surface area contributed by atoms with Gasteiger partial charge in [-0.15, -0.1) is 0 Å². The van der Waals surface area contributed by atoms with Crippen LogP contribution in [0.25, 0.3) is 0 Å². The molecule has 1 saturated heterocycles. The molecule has 0 spiro atoms. The lowest BCUT2D eigenvalue weighted by atomic mass is 9.75. The van der Waals surface area contributed by atoms with Crippen LogP contribution in [-0.4, -0.2) is 36.9 Å². The Morgan fingerprint density at radius 2 is 2.20 bits per heavy atom. The lowest BCUT2D eigenvalue weighted by molar-refractivity contribution is -0.123. The average Bonchev–Trinajstić information content (AvgIpc) is 2.81. The summed E-state index contributed by atoms with van der Waals surface area (Å²) in [4.78, 5) is 14.8. The van der Waals surface area contributed by atoms with Crippen molar-refractivity contribution >= 4 is 5.78 Å². The highest BCUT2D eigenvalue weighted by Crippen LogP contribution is 2.37. The third-order valence-electron chi connectivity index (χ3n) is 4.07. The van der Waals surface area contributed by atoms with E-state index in [1.165, 1.54) is 0 Å². The number of ether oxygens (including phenoxy) is 1. The van der Waals surface area contributed by atoms with E-state index in [0.717, 1.165) is 30.8 Å². The van der Waals surface area contributed by atoms with Crippen LogP contribution in [-0.2, 0) is 10.2 Å². The van der Waals surface area contributed by atoms with Crippen molar-refractivity contribution in [1.29, 1.82) is 0 Å². The van der Waals surface area contributed by atoms with Gasteiger partial charge in [0.1, 0.15) is 11.5 Å². The summed E-state index contributed by atoms with van der Waals surface area (Å²) >= 11 is 0. The van der Waals surface area contributed by atoms with Crippen LogP contribution in [0.15, 0.2) is 24.3 Å². The first-order chi connectivity index (χ1) is 9.48. The molecule has 0 unspecified atom stereocenters. The van der Waals surface area contributed by atoms with E-state index in [2.05, 4.69) is 18.0 Å². The number of Topliss-reactive ketones (excluding diaryl/α,β-unsaturated/α-hetero) is 1. The van der Waals surface area contributed by atoms with Crippen molar-refractivity contribution in [3.05, 3.63) is 29.8 Å². The van der Waals surface area contributed by atoms with Crippen LogP contribution in [0.2, 0.25) is 0 Å². The molecule has 3 heteroatoms. The van der Waals surface area contributed by atoms with Crippen LogP contribution in [0.4, 0.5) is 0 Å². The van der Waals surface area contributed by atoms with Crippen LogP contribution in [0.1, 0.15) is 39.2 Å². The van der Waals surface area contributed by atoms with Crippen molar-refractivity contribution in [3.63, 3.8) is 0 Å². The molecular weight excluding hydrogens is 250 g/mol. The van der Waals surface area contributed by atoms with Crippen LogP contribution >= 0.6 is 0 Å². The summed E-state index contributed by atoms with van der Waals surface area (Å²) in [6, 6.07) is 8.08. The molecule has 110 valence electrons. The van der Waals surface area contributed by atoms with Crippen LogP contribution in [0, 0.1) is 0 Å². The molecule has 0 radical (unpaired) electrons. The fourth-order valence-electron chi connectivity index (χ4n) is 3.10. The first-order valence-corrected chi connectivity index (χ1v) is 7.47. The van der Waals surface area contributed by atoms with Gasteiger partial charge in [-0.25, -0.2) is 0 Å². The van der Waals surface area contributed by atoms with Crippen LogP contribution in [0.5, 0.6) is 5.75 Å². The Hall–Kier alpha value is -1.35. The Morgan fingerprint density at radius 1 is 1.45 bits per heavy atom. The number of nitrogens with zero attached hydrogens (tertiary/aromatic N) is 1. The number of likely N-dealkylation sites (tertiary alicyclic amines) is 1. The molecule has 1 aliphatic heterocycles. The van der Waals surface area contributed by atoms with Crippen molar-refractivity contribution in [1.82, 2.24) is 4.90 Å². The smallest absolute Gasteiger partial charge is 0.144 e. The molecule has 1 atom stereocenters. The Bertz CT molecular complexity index is 484. The van der Waals surface area contributed by atoms with Crippen molar-refractivity contribution in [2.45, 2.75) is 45.1 Å². The van der Waals surface area contributed by atoms with E-state index in [1.54, 1.807) is 0 Å². The SMILES string of the molecule is CCC(=O)[C@@]1(c2cccc(OC(C)C)c2)CCN(C)C1. The molecule has 1 aliphatic rings. The van der Waals surface area contributed by atoms with E-state index in [0.29, 0.717) is 12.2 Å². The van der Waals surface area contributed by atoms with Crippen molar-refractivity contribution < 1.29 is 9.53 Å². The molecule has 0 amide bonds. The van der Waals surface area contributed by atoms with Gasteiger partial charge >= 0.3 is 0 Å². The van der Waals surface area contributed by atoms with Gasteiger partial charge in [0, 0.05) is 13.0 Å². The Balaban J connectivity index is 2.37. The summed E-state index contributed by atoms with van der Waals surface area (Å²) in [7, 11) is 2.08. The second-order valence-electron chi connectivity index (χ2n) is 6.04. The highest BCUT2D eigenvalue weighted by Gasteiger charge is 2.43. The van der Waals surface area contributed by atoms with Gasteiger partial charge in [0.05, 0.1) is 11.5 Å². The molecule has 0 aliphatic carbocycles. The number of ketones is 1. The van der Waals surface area contributed by atoms with E-state index in [1.807, 2.05) is 39.0 Å². The topological polar surface area (TPSA) is 29.5 Å². The zero-order chi connectivity index (χ0) is 14.8.